The topological polar surface area (TPSA) is 107 Å². The van der Waals surface area contributed by atoms with Gasteiger partial charge in [0.1, 0.15) is 17.4 Å². The van der Waals surface area contributed by atoms with E-state index in [2.05, 4.69) is 20.6 Å². The number of benzene rings is 1. The highest BCUT2D eigenvalue weighted by Gasteiger charge is 2.32. The van der Waals surface area contributed by atoms with Crippen LogP contribution in [0.25, 0.3) is 11.0 Å². The van der Waals surface area contributed by atoms with Gasteiger partial charge in [-0.1, -0.05) is 25.3 Å². The Kier molecular flexibility index (Phi) is 8.03. The monoisotopic (exact) mass is 485 g/mol. The lowest BCUT2D eigenvalue weighted by atomic mass is 9.88. The third-order valence-electron chi connectivity index (χ3n) is 7.36. The molecule has 35 heavy (non-hydrogen) atoms. The van der Waals surface area contributed by atoms with Gasteiger partial charge in [-0.25, -0.2) is 9.37 Å². The van der Waals surface area contributed by atoms with E-state index in [0.29, 0.717) is 17.9 Å². The SMILES string of the molecule is C[C@H](NC(=O)[C@H](CC(=O)N1CCCC[C@@H]1C)NC(=O)C1CCCCC1)c1nc2c(F)cccc2[nH]1. The largest absolute Gasteiger partial charge is 0.345 e. The van der Waals surface area contributed by atoms with Gasteiger partial charge < -0.3 is 20.5 Å². The summed E-state index contributed by atoms with van der Waals surface area (Å²) in [6, 6.07) is 3.22. The molecule has 2 aromatic rings. The summed E-state index contributed by atoms with van der Waals surface area (Å²) < 4.78 is 14.1. The molecular formula is C26H36FN5O3. The van der Waals surface area contributed by atoms with Crippen molar-refractivity contribution in [3.63, 3.8) is 0 Å². The molecule has 0 bridgehead atoms. The number of aromatic amines is 1. The van der Waals surface area contributed by atoms with E-state index < -0.39 is 23.8 Å². The summed E-state index contributed by atoms with van der Waals surface area (Å²) in [6.45, 7) is 4.43. The minimum absolute atomic E-state index is 0.0872. The number of nitrogens with one attached hydrogen (secondary N) is 3. The zero-order valence-electron chi connectivity index (χ0n) is 20.6. The first-order chi connectivity index (χ1) is 16.8. The molecule has 3 atom stereocenters. The quantitative estimate of drug-likeness (QED) is 0.555. The van der Waals surface area contributed by atoms with Crippen molar-refractivity contribution in [2.45, 2.75) is 89.8 Å². The van der Waals surface area contributed by atoms with Crippen LogP contribution in [0.1, 0.15) is 83.5 Å². The van der Waals surface area contributed by atoms with Gasteiger partial charge in [0.2, 0.25) is 17.7 Å². The molecule has 2 fully saturated rings. The second-order valence-electron chi connectivity index (χ2n) is 10.0. The summed E-state index contributed by atoms with van der Waals surface area (Å²) in [7, 11) is 0. The number of nitrogens with zero attached hydrogens (tertiary/aromatic N) is 2. The van der Waals surface area contributed by atoms with E-state index in [0.717, 1.165) is 51.4 Å². The Labute approximate surface area is 205 Å². The van der Waals surface area contributed by atoms with E-state index in [1.807, 2.05) is 11.8 Å². The summed E-state index contributed by atoms with van der Waals surface area (Å²) in [5, 5.41) is 5.74. The number of para-hydroxylation sites is 1. The molecule has 1 aromatic heterocycles. The number of piperidine rings is 1. The molecule has 1 aliphatic carbocycles. The van der Waals surface area contributed by atoms with Gasteiger partial charge in [-0.2, -0.15) is 0 Å². The number of H-pyrrole nitrogens is 1. The Hall–Kier alpha value is -2.97. The normalized spacial score (nSPS) is 20.9. The molecule has 1 saturated carbocycles. The third-order valence-corrected chi connectivity index (χ3v) is 7.36. The van der Waals surface area contributed by atoms with Crippen LogP contribution in [0.2, 0.25) is 0 Å². The van der Waals surface area contributed by atoms with Crippen LogP contribution < -0.4 is 10.6 Å². The van der Waals surface area contributed by atoms with Crippen molar-refractivity contribution in [2.24, 2.45) is 5.92 Å². The molecule has 1 saturated heterocycles. The predicted molar refractivity (Wildman–Crippen MR) is 131 cm³/mol. The highest BCUT2D eigenvalue weighted by molar-refractivity contribution is 5.93. The molecule has 0 spiro atoms. The summed E-state index contributed by atoms with van der Waals surface area (Å²) in [6.07, 6.45) is 7.61. The van der Waals surface area contributed by atoms with Crippen LogP contribution in [0.4, 0.5) is 4.39 Å². The lowest BCUT2D eigenvalue weighted by Gasteiger charge is -2.34. The fourth-order valence-electron chi connectivity index (χ4n) is 5.23. The minimum atomic E-state index is -0.977. The van der Waals surface area contributed by atoms with Gasteiger partial charge in [-0.3, -0.25) is 14.4 Å². The number of likely N-dealkylation sites (tertiary alicyclic amines) is 1. The van der Waals surface area contributed by atoms with Crippen LogP contribution in [0.15, 0.2) is 18.2 Å². The standard InChI is InChI=1S/C26H36FN5O3/c1-16-9-6-7-14-32(16)22(33)15-21(30-25(34)18-10-4-3-5-11-18)26(35)28-17(2)24-29-20-13-8-12-19(27)23(20)31-24/h8,12-13,16-18,21H,3-7,9-11,14-15H2,1-2H3,(H,28,35)(H,29,31)(H,30,34)/t16-,17-,21-/m0/s1. The first-order valence-corrected chi connectivity index (χ1v) is 12.9. The van der Waals surface area contributed by atoms with E-state index >= 15 is 0 Å². The van der Waals surface area contributed by atoms with E-state index in [9.17, 15) is 18.8 Å². The number of carbonyl (C=O) groups excluding carboxylic acids is 3. The van der Waals surface area contributed by atoms with Gasteiger partial charge in [0.15, 0.2) is 5.82 Å². The number of rotatable bonds is 7. The second-order valence-corrected chi connectivity index (χ2v) is 10.0. The number of aromatic nitrogens is 2. The van der Waals surface area contributed by atoms with Crippen LogP contribution in [-0.4, -0.2) is 51.2 Å². The Morgan fingerprint density at radius 2 is 1.86 bits per heavy atom. The van der Waals surface area contributed by atoms with Gasteiger partial charge in [0.05, 0.1) is 18.0 Å². The maximum absolute atomic E-state index is 14.1. The fraction of sp³-hybridized carbons (Fsp3) is 0.615. The Morgan fingerprint density at radius 1 is 1.11 bits per heavy atom. The lowest BCUT2D eigenvalue weighted by molar-refractivity contribution is -0.139. The molecule has 0 radical (unpaired) electrons. The smallest absolute Gasteiger partial charge is 0.243 e. The molecule has 1 aliphatic heterocycles. The minimum Gasteiger partial charge on any atom is -0.345 e. The third kappa shape index (κ3) is 6.00. The second kappa shape index (κ2) is 11.2. The maximum Gasteiger partial charge on any atom is 0.243 e. The highest BCUT2D eigenvalue weighted by atomic mass is 19.1. The maximum atomic E-state index is 14.1. The van der Waals surface area contributed by atoms with E-state index in [1.54, 1.807) is 19.1 Å². The molecular weight excluding hydrogens is 449 g/mol. The first kappa shape index (κ1) is 25.1. The van der Waals surface area contributed by atoms with Crippen LogP contribution in [-0.2, 0) is 14.4 Å². The lowest BCUT2D eigenvalue weighted by Crippen LogP contribution is -2.52. The number of carbonyl (C=O) groups is 3. The molecule has 1 aromatic carbocycles. The van der Waals surface area contributed by atoms with E-state index in [4.69, 9.17) is 0 Å². The van der Waals surface area contributed by atoms with Gasteiger partial charge in [0, 0.05) is 18.5 Å². The summed E-state index contributed by atoms with van der Waals surface area (Å²) in [4.78, 5) is 48.6. The molecule has 0 unspecified atom stereocenters. The number of imidazole rings is 1. The highest BCUT2D eigenvalue weighted by Crippen LogP contribution is 2.24. The van der Waals surface area contributed by atoms with Crippen molar-refractivity contribution in [2.75, 3.05) is 6.54 Å². The van der Waals surface area contributed by atoms with Crippen molar-refractivity contribution in [3.8, 4) is 0 Å². The predicted octanol–water partition coefficient (Wildman–Crippen LogP) is 3.74. The molecule has 2 aliphatic rings. The van der Waals surface area contributed by atoms with Crippen LogP contribution in [0, 0.1) is 11.7 Å². The van der Waals surface area contributed by atoms with Crippen molar-refractivity contribution >= 4 is 28.8 Å². The van der Waals surface area contributed by atoms with Crippen molar-refractivity contribution in [1.29, 1.82) is 0 Å². The Bertz CT molecular complexity index is 1060. The average molecular weight is 486 g/mol. The van der Waals surface area contributed by atoms with E-state index in [1.165, 1.54) is 6.07 Å². The molecule has 3 amide bonds. The molecule has 3 N–H and O–H groups in total. The number of halogens is 1. The average Bonchev–Trinajstić information content (AvgIpc) is 3.30. The number of hydrogen-bond acceptors (Lipinski definition) is 4. The molecule has 8 nitrogen and oxygen atoms in total. The van der Waals surface area contributed by atoms with Crippen molar-refractivity contribution in [1.82, 2.24) is 25.5 Å². The van der Waals surface area contributed by atoms with Crippen molar-refractivity contribution in [3.05, 3.63) is 29.8 Å². The van der Waals surface area contributed by atoms with E-state index in [-0.39, 0.29) is 35.7 Å². The molecule has 190 valence electrons. The number of fused-ring (bicyclic) bond motifs is 1. The summed E-state index contributed by atoms with van der Waals surface area (Å²) >= 11 is 0. The van der Waals surface area contributed by atoms with Gasteiger partial charge in [-0.15, -0.1) is 0 Å². The first-order valence-electron chi connectivity index (χ1n) is 12.9. The number of hydrogen-bond donors (Lipinski definition) is 3. The Balaban J connectivity index is 1.47. The van der Waals surface area contributed by atoms with Crippen LogP contribution >= 0.6 is 0 Å². The van der Waals surface area contributed by atoms with Gasteiger partial charge >= 0.3 is 0 Å². The van der Waals surface area contributed by atoms with Crippen molar-refractivity contribution < 1.29 is 18.8 Å². The Morgan fingerprint density at radius 3 is 2.57 bits per heavy atom. The van der Waals surface area contributed by atoms with Gasteiger partial charge in [0.25, 0.3) is 0 Å². The summed E-state index contributed by atoms with van der Waals surface area (Å²) in [5.74, 6) is -0.892. The van der Waals surface area contributed by atoms with Crippen LogP contribution in [0.3, 0.4) is 0 Å². The zero-order valence-corrected chi connectivity index (χ0v) is 20.6. The summed E-state index contributed by atoms with van der Waals surface area (Å²) in [5.41, 5.74) is 0.748. The molecule has 9 heteroatoms. The molecule has 4 rings (SSSR count). The number of amides is 3. The van der Waals surface area contributed by atoms with Crippen LogP contribution in [0.5, 0.6) is 0 Å². The molecule has 2 heterocycles. The van der Waals surface area contributed by atoms with Gasteiger partial charge in [-0.05, 0) is 58.1 Å². The fourth-order valence-corrected chi connectivity index (χ4v) is 5.23. The zero-order chi connectivity index (χ0) is 24.9.